The second kappa shape index (κ2) is 4.45. The van der Waals surface area contributed by atoms with E-state index in [9.17, 15) is 0 Å². The monoisotopic (exact) mass is 204 g/mol. The van der Waals surface area contributed by atoms with Crippen LogP contribution in [-0.2, 0) is 6.54 Å². The molecule has 3 nitrogen and oxygen atoms in total. The van der Waals surface area contributed by atoms with Gasteiger partial charge in [0.25, 0.3) is 0 Å². The van der Waals surface area contributed by atoms with E-state index in [1.165, 1.54) is 12.0 Å². The third kappa shape index (κ3) is 2.02. The lowest BCUT2D eigenvalue weighted by Crippen LogP contribution is -2.22. The summed E-state index contributed by atoms with van der Waals surface area (Å²) in [6.07, 6.45) is 1.51. The lowest BCUT2D eigenvalue weighted by Gasteiger charge is -2.17. The van der Waals surface area contributed by atoms with Crippen molar-refractivity contribution in [3.05, 3.63) is 30.2 Å². The Morgan fingerprint density at radius 3 is 2.80 bits per heavy atom. The second-order valence-electron chi connectivity index (χ2n) is 3.58. The largest absolute Gasteiger partial charge is 0.443 e. The quantitative estimate of drug-likeness (QED) is 0.766. The molecule has 0 saturated heterocycles. The van der Waals surface area contributed by atoms with Crippen molar-refractivity contribution in [1.29, 1.82) is 0 Å². The Hall–Kier alpha value is -1.35. The van der Waals surface area contributed by atoms with Crippen molar-refractivity contribution < 1.29 is 4.42 Å². The summed E-state index contributed by atoms with van der Waals surface area (Å²) in [5, 5.41) is 0. The van der Waals surface area contributed by atoms with E-state index in [4.69, 9.17) is 4.42 Å². The summed E-state index contributed by atoms with van der Waals surface area (Å²) in [5.41, 5.74) is 3.08. The molecular formula is C12H16N2O. The molecular weight excluding hydrogens is 188 g/mol. The first-order chi connectivity index (χ1) is 7.35. The van der Waals surface area contributed by atoms with Gasteiger partial charge in [0.2, 0.25) is 0 Å². The van der Waals surface area contributed by atoms with Gasteiger partial charge in [-0.2, -0.15) is 0 Å². The number of oxazole rings is 1. The Morgan fingerprint density at radius 1 is 1.27 bits per heavy atom. The van der Waals surface area contributed by atoms with Crippen LogP contribution in [0.15, 0.2) is 29.0 Å². The summed E-state index contributed by atoms with van der Waals surface area (Å²) in [5.74, 6) is 0. The summed E-state index contributed by atoms with van der Waals surface area (Å²) in [7, 11) is 0. The molecule has 0 unspecified atom stereocenters. The van der Waals surface area contributed by atoms with Gasteiger partial charge >= 0.3 is 0 Å². The van der Waals surface area contributed by atoms with E-state index in [2.05, 4.69) is 29.8 Å². The third-order valence-corrected chi connectivity index (χ3v) is 2.73. The van der Waals surface area contributed by atoms with E-state index in [0.717, 1.165) is 30.7 Å². The number of nitrogens with zero attached hydrogens (tertiary/aromatic N) is 2. The normalized spacial score (nSPS) is 11.4. The molecule has 0 saturated carbocycles. The van der Waals surface area contributed by atoms with Crippen LogP contribution in [0.4, 0.5) is 0 Å². The van der Waals surface area contributed by atoms with E-state index >= 15 is 0 Å². The second-order valence-corrected chi connectivity index (χ2v) is 3.58. The van der Waals surface area contributed by atoms with E-state index in [1.54, 1.807) is 0 Å². The molecule has 15 heavy (non-hydrogen) atoms. The predicted molar refractivity (Wildman–Crippen MR) is 60.6 cm³/mol. The van der Waals surface area contributed by atoms with Gasteiger partial charge in [0, 0.05) is 12.1 Å². The van der Waals surface area contributed by atoms with Crippen LogP contribution in [0.5, 0.6) is 0 Å². The molecule has 0 aliphatic carbocycles. The highest BCUT2D eigenvalue weighted by atomic mass is 16.3. The Morgan fingerprint density at radius 2 is 2.07 bits per heavy atom. The van der Waals surface area contributed by atoms with Gasteiger partial charge in [-0.3, -0.25) is 4.90 Å². The zero-order valence-electron chi connectivity index (χ0n) is 9.23. The Labute approximate surface area is 89.7 Å². The van der Waals surface area contributed by atoms with Crippen LogP contribution in [0, 0.1) is 0 Å². The van der Waals surface area contributed by atoms with E-state index in [0.29, 0.717) is 0 Å². The van der Waals surface area contributed by atoms with Crippen molar-refractivity contribution in [3.63, 3.8) is 0 Å². The molecule has 0 spiro atoms. The first kappa shape index (κ1) is 10.2. The highest BCUT2D eigenvalue weighted by molar-refractivity contribution is 5.75. The van der Waals surface area contributed by atoms with Crippen LogP contribution in [0.3, 0.4) is 0 Å². The van der Waals surface area contributed by atoms with Gasteiger partial charge in [-0.15, -0.1) is 0 Å². The number of aromatic nitrogens is 1. The number of fused-ring (bicyclic) bond motifs is 1. The number of para-hydroxylation sites is 1. The summed E-state index contributed by atoms with van der Waals surface area (Å²) < 4.78 is 5.40. The Bertz CT molecular complexity index is 432. The lowest BCUT2D eigenvalue weighted by molar-refractivity contribution is 0.295. The molecule has 2 aromatic rings. The highest BCUT2D eigenvalue weighted by Crippen LogP contribution is 2.18. The van der Waals surface area contributed by atoms with Crippen molar-refractivity contribution in [2.45, 2.75) is 20.4 Å². The fourth-order valence-corrected chi connectivity index (χ4v) is 1.76. The lowest BCUT2D eigenvalue weighted by atomic mass is 10.2. The van der Waals surface area contributed by atoms with Crippen LogP contribution in [0.2, 0.25) is 0 Å². The number of hydrogen-bond acceptors (Lipinski definition) is 3. The molecule has 0 N–H and O–H groups in total. The van der Waals surface area contributed by atoms with E-state index in [1.807, 2.05) is 12.1 Å². The van der Waals surface area contributed by atoms with Gasteiger partial charge in [-0.05, 0) is 19.2 Å². The van der Waals surface area contributed by atoms with Crippen molar-refractivity contribution in [1.82, 2.24) is 9.88 Å². The minimum absolute atomic E-state index is 0.921. The number of hydrogen-bond donors (Lipinski definition) is 0. The molecule has 2 rings (SSSR count). The van der Waals surface area contributed by atoms with Crippen molar-refractivity contribution in [2.24, 2.45) is 0 Å². The van der Waals surface area contributed by atoms with Gasteiger partial charge in [0.15, 0.2) is 12.0 Å². The van der Waals surface area contributed by atoms with E-state index < -0.39 is 0 Å². The summed E-state index contributed by atoms with van der Waals surface area (Å²) in [6.45, 7) is 7.38. The van der Waals surface area contributed by atoms with Gasteiger partial charge in [0.1, 0.15) is 5.52 Å². The SMILES string of the molecule is CCN(CC)Cc1cccc2ncoc12. The summed E-state index contributed by atoms with van der Waals surface area (Å²) in [6, 6.07) is 6.11. The van der Waals surface area contributed by atoms with Crippen LogP contribution in [0.25, 0.3) is 11.1 Å². The Balaban J connectivity index is 2.30. The molecule has 3 heteroatoms. The average molecular weight is 204 g/mol. The molecule has 1 aromatic heterocycles. The minimum Gasteiger partial charge on any atom is -0.443 e. The molecule has 0 bridgehead atoms. The standard InChI is InChI=1S/C12H16N2O/c1-3-14(4-2)8-10-6-5-7-11-12(10)15-9-13-11/h5-7,9H,3-4,8H2,1-2H3. The van der Waals surface area contributed by atoms with Crippen LogP contribution in [-0.4, -0.2) is 23.0 Å². The maximum absolute atomic E-state index is 5.40. The van der Waals surface area contributed by atoms with E-state index in [-0.39, 0.29) is 0 Å². The summed E-state index contributed by atoms with van der Waals surface area (Å²) in [4.78, 5) is 6.51. The maximum Gasteiger partial charge on any atom is 0.181 e. The van der Waals surface area contributed by atoms with Crippen LogP contribution in [0.1, 0.15) is 19.4 Å². The van der Waals surface area contributed by atoms with Gasteiger partial charge in [-0.1, -0.05) is 26.0 Å². The zero-order valence-corrected chi connectivity index (χ0v) is 9.23. The van der Waals surface area contributed by atoms with Gasteiger partial charge in [-0.25, -0.2) is 4.98 Å². The molecule has 0 fully saturated rings. The first-order valence-electron chi connectivity index (χ1n) is 5.38. The highest BCUT2D eigenvalue weighted by Gasteiger charge is 2.07. The molecule has 0 aliphatic heterocycles. The molecule has 1 aromatic carbocycles. The molecule has 0 aliphatic rings. The van der Waals surface area contributed by atoms with Crippen molar-refractivity contribution in [3.8, 4) is 0 Å². The molecule has 1 heterocycles. The average Bonchev–Trinajstić information content (AvgIpc) is 2.74. The fourth-order valence-electron chi connectivity index (χ4n) is 1.76. The fraction of sp³-hybridized carbons (Fsp3) is 0.417. The molecule has 0 radical (unpaired) electrons. The smallest absolute Gasteiger partial charge is 0.181 e. The van der Waals surface area contributed by atoms with Crippen LogP contribution < -0.4 is 0 Å². The van der Waals surface area contributed by atoms with Crippen molar-refractivity contribution >= 4 is 11.1 Å². The summed E-state index contributed by atoms with van der Waals surface area (Å²) >= 11 is 0. The van der Waals surface area contributed by atoms with Gasteiger partial charge < -0.3 is 4.42 Å². The molecule has 0 atom stereocenters. The first-order valence-corrected chi connectivity index (χ1v) is 5.38. The zero-order chi connectivity index (χ0) is 10.7. The maximum atomic E-state index is 5.40. The minimum atomic E-state index is 0.921. The van der Waals surface area contributed by atoms with Crippen molar-refractivity contribution in [2.75, 3.05) is 13.1 Å². The molecule has 0 amide bonds. The van der Waals surface area contributed by atoms with Gasteiger partial charge in [0.05, 0.1) is 0 Å². The predicted octanol–water partition coefficient (Wildman–Crippen LogP) is 2.67. The third-order valence-electron chi connectivity index (χ3n) is 2.73. The number of rotatable bonds is 4. The topological polar surface area (TPSA) is 29.3 Å². The Kier molecular flexibility index (Phi) is 3.02. The molecule has 80 valence electrons. The number of benzene rings is 1. The van der Waals surface area contributed by atoms with Crippen LogP contribution >= 0.6 is 0 Å².